The molecule has 1 aromatic carbocycles. The van der Waals surface area contributed by atoms with Gasteiger partial charge >= 0.3 is 0 Å². The fourth-order valence-electron chi connectivity index (χ4n) is 1.95. The monoisotopic (exact) mass is 239 g/mol. The molecule has 18 heavy (non-hydrogen) atoms. The molecule has 0 saturated carbocycles. The van der Waals surface area contributed by atoms with Crippen LogP contribution in [0.3, 0.4) is 0 Å². The molecule has 2 aromatic heterocycles. The van der Waals surface area contributed by atoms with E-state index in [0.717, 1.165) is 22.3 Å². The topological polar surface area (TPSA) is 50.8 Å². The third kappa shape index (κ3) is 1.82. The summed E-state index contributed by atoms with van der Waals surface area (Å²) < 4.78 is 5.86. The van der Waals surface area contributed by atoms with E-state index >= 15 is 0 Å². The molecule has 0 amide bonds. The summed E-state index contributed by atoms with van der Waals surface area (Å²) in [7, 11) is 0. The van der Waals surface area contributed by atoms with Gasteiger partial charge in [-0.3, -0.25) is 0 Å². The Morgan fingerprint density at radius 2 is 2.00 bits per heavy atom. The minimum Gasteiger partial charge on any atom is -0.438 e. The van der Waals surface area contributed by atoms with Crippen molar-refractivity contribution in [2.24, 2.45) is 0 Å². The number of aryl methyl sites for hydroxylation is 2. The summed E-state index contributed by atoms with van der Waals surface area (Å²) in [4.78, 5) is 11.4. The number of hydrogen-bond acceptors (Lipinski definition) is 3. The lowest BCUT2D eigenvalue weighted by Gasteiger charge is -2.08. The van der Waals surface area contributed by atoms with Crippen LogP contribution in [0.2, 0.25) is 0 Å². The predicted molar refractivity (Wildman–Crippen MR) is 69.9 cm³/mol. The molecule has 90 valence electrons. The van der Waals surface area contributed by atoms with E-state index in [0.29, 0.717) is 5.88 Å². The first-order chi connectivity index (χ1) is 8.74. The van der Waals surface area contributed by atoms with Gasteiger partial charge in [-0.25, -0.2) is 9.97 Å². The first kappa shape index (κ1) is 10.8. The van der Waals surface area contributed by atoms with Gasteiger partial charge in [-0.05, 0) is 31.5 Å². The van der Waals surface area contributed by atoms with E-state index in [9.17, 15) is 0 Å². The fraction of sp³-hybridized carbons (Fsp3) is 0.143. The summed E-state index contributed by atoms with van der Waals surface area (Å²) >= 11 is 0. The van der Waals surface area contributed by atoms with Gasteiger partial charge in [-0.2, -0.15) is 0 Å². The van der Waals surface area contributed by atoms with Crippen LogP contribution in [0.1, 0.15) is 11.1 Å². The quantitative estimate of drug-likeness (QED) is 0.746. The molecule has 3 rings (SSSR count). The second kappa shape index (κ2) is 4.14. The van der Waals surface area contributed by atoms with Gasteiger partial charge in [-0.15, -0.1) is 0 Å². The largest absolute Gasteiger partial charge is 0.438 e. The molecule has 0 unspecified atom stereocenters. The molecule has 0 bridgehead atoms. The van der Waals surface area contributed by atoms with Crippen molar-refractivity contribution in [1.29, 1.82) is 0 Å². The highest BCUT2D eigenvalue weighted by Gasteiger charge is 2.08. The van der Waals surface area contributed by atoms with E-state index in [2.05, 4.69) is 27.9 Å². The Labute approximate surface area is 105 Å². The average Bonchev–Trinajstić information content (AvgIpc) is 2.82. The minimum atomic E-state index is 0.577. The summed E-state index contributed by atoms with van der Waals surface area (Å²) in [6.45, 7) is 4.09. The number of H-pyrrole nitrogens is 1. The van der Waals surface area contributed by atoms with Gasteiger partial charge < -0.3 is 9.72 Å². The van der Waals surface area contributed by atoms with Crippen molar-refractivity contribution < 1.29 is 4.74 Å². The number of fused-ring (bicyclic) bond motifs is 1. The molecule has 0 saturated heterocycles. The molecule has 0 fully saturated rings. The van der Waals surface area contributed by atoms with Gasteiger partial charge in [0.1, 0.15) is 17.7 Å². The number of rotatable bonds is 2. The zero-order chi connectivity index (χ0) is 12.5. The van der Waals surface area contributed by atoms with Crippen LogP contribution >= 0.6 is 0 Å². The van der Waals surface area contributed by atoms with E-state index in [1.165, 1.54) is 11.9 Å². The van der Waals surface area contributed by atoms with Crippen LogP contribution in [0.15, 0.2) is 36.8 Å². The Kier molecular flexibility index (Phi) is 2.48. The van der Waals surface area contributed by atoms with Gasteiger partial charge in [0.25, 0.3) is 0 Å². The second-order valence-corrected chi connectivity index (χ2v) is 4.29. The molecule has 0 aliphatic carbocycles. The molecular weight excluding hydrogens is 226 g/mol. The van der Waals surface area contributed by atoms with E-state index in [1.54, 1.807) is 0 Å². The Bertz CT molecular complexity index is 703. The van der Waals surface area contributed by atoms with Crippen LogP contribution in [-0.2, 0) is 0 Å². The summed E-state index contributed by atoms with van der Waals surface area (Å²) in [5.74, 6) is 1.40. The van der Waals surface area contributed by atoms with Gasteiger partial charge in [-0.1, -0.05) is 17.7 Å². The minimum absolute atomic E-state index is 0.577. The molecule has 0 atom stereocenters. The van der Waals surface area contributed by atoms with Gasteiger partial charge in [0.15, 0.2) is 0 Å². The van der Waals surface area contributed by atoms with Crippen LogP contribution in [0.25, 0.3) is 11.0 Å². The van der Waals surface area contributed by atoms with Crippen molar-refractivity contribution in [3.63, 3.8) is 0 Å². The van der Waals surface area contributed by atoms with Crippen LogP contribution in [0, 0.1) is 13.8 Å². The molecular formula is C14H13N3O. The zero-order valence-corrected chi connectivity index (χ0v) is 10.3. The summed E-state index contributed by atoms with van der Waals surface area (Å²) in [5.41, 5.74) is 3.09. The first-order valence-electron chi connectivity index (χ1n) is 5.77. The maximum Gasteiger partial charge on any atom is 0.231 e. The molecule has 4 heteroatoms. The third-order valence-corrected chi connectivity index (χ3v) is 2.85. The molecule has 1 N–H and O–H groups in total. The zero-order valence-electron chi connectivity index (χ0n) is 10.3. The molecule has 3 aromatic rings. The number of aromatic amines is 1. The highest BCUT2D eigenvalue weighted by molar-refractivity contribution is 5.80. The number of hydrogen-bond donors (Lipinski definition) is 1. The van der Waals surface area contributed by atoms with E-state index < -0.39 is 0 Å². The lowest BCUT2D eigenvalue weighted by molar-refractivity contribution is 0.464. The first-order valence-corrected chi connectivity index (χ1v) is 5.77. The summed E-state index contributed by atoms with van der Waals surface area (Å²) in [6, 6.07) is 7.99. The van der Waals surface area contributed by atoms with E-state index in [4.69, 9.17) is 4.74 Å². The van der Waals surface area contributed by atoms with E-state index in [-0.39, 0.29) is 0 Å². The Morgan fingerprint density at radius 3 is 2.83 bits per heavy atom. The Morgan fingerprint density at radius 1 is 1.11 bits per heavy atom. The molecule has 0 radical (unpaired) electrons. The average molecular weight is 239 g/mol. The standard InChI is InChI=1S/C14H13N3O/c1-9-3-4-12(10(2)7-9)18-14-11-5-6-15-13(11)16-8-17-14/h3-8H,1-2H3,(H,15,16,17). The van der Waals surface area contributed by atoms with Crippen LogP contribution in [-0.4, -0.2) is 15.0 Å². The maximum absolute atomic E-state index is 5.86. The summed E-state index contributed by atoms with van der Waals surface area (Å²) in [5, 5.41) is 0.887. The number of aromatic nitrogens is 3. The Balaban J connectivity index is 2.03. The molecule has 4 nitrogen and oxygen atoms in total. The SMILES string of the molecule is Cc1ccc(Oc2ncnc3[nH]ccc23)c(C)c1. The number of ether oxygens (including phenoxy) is 1. The number of nitrogens with one attached hydrogen (secondary N) is 1. The molecule has 0 aliphatic rings. The van der Waals surface area contributed by atoms with Crippen molar-refractivity contribution in [1.82, 2.24) is 15.0 Å². The van der Waals surface area contributed by atoms with Gasteiger partial charge in [0.05, 0.1) is 5.39 Å². The van der Waals surface area contributed by atoms with Crippen molar-refractivity contribution in [2.45, 2.75) is 13.8 Å². The molecule has 0 spiro atoms. The molecule has 2 heterocycles. The smallest absolute Gasteiger partial charge is 0.231 e. The fourth-order valence-corrected chi connectivity index (χ4v) is 1.95. The lowest BCUT2D eigenvalue weighted by atomic mass is 10.1. The summed E-state index contributed by atoms with van der Waals surface area (Å²) in [6.07, 6.45) is 3.33. The molecule has 0 aliphatic heterocycles. The Hall–Kier alpha value is -2.36. The van der Waals surface area contributed by atoms with Crippen LogP contribution in [0.5, 0.6) is 11.6 Å². The third-order valence-electron chi connectivity index (χ3n) is 2.85. The van der Waals surface area contributed by atoms with Crippen molar-refractivity contribution in [3.8, 4) is 11.6 Å². The number of nitrogens with zero attached hydrogens (tertiary/aromatic N) is 2. The van der Waals surface area contributed by atoms with E-state index in [1.807, 2.05) is 31.3 Å². The van der Waals surface area contributed by atoms with Crippen molar-refractivity contribution >= 4 is 11.0 Å². The predicted octanol–water partition coefficient (Wildman–Crippen LogP) is 3.37. The van der Waals surface area contributed by atoms with Gasteiger partial charge in [0, 0.05) is 6.20 Å². The number of benzene rings is 1. The highest BCUT2D eigenvalue weighted by Crippen LogP contribution is 2.28. The van der Waals surface area contributed by atoms with Crippen molar-refractivity contribution in [3.05, 3.63) is 47.9 Å². The van der Waals surface area contributed by atoms with Crippen LogP contribution in [0.4, 0.5) is 0 Å². The second-order valence-electron chi connectivity index (χ2n) is 4.29. The maximum atomic E-state index is 5.86. The van der Waals surface area contributed by atoms with Crippen LogP contribution < -0.4 is 4.74 Å². The lowest BCUT2D eigenvalue weighted by Crippen LogP contribution is -1.92. The highest BCUT2D eigenvalue weighted by atomic mass is 16.5. The van der Waals surface area contributed by atoms with Crippen molar-refractivity contribution in [2.75, 3.05) is 0 Å². The normalized spacial score (nSPS) is 10.8. The van der Waals surface area contributed by atoms with Gasteiger partial charge in [0.2, 0.25) is 5.88 Å².